The van der Waals surface area contributed by atoms with E-state index in [1.165, 1.54) is 6.07 Å². The van der Waals surface area contributed by atoms with Crippen LogP contribution in [0, 0.1) is 5.82 Å². The number of benzene rings is 1. The van der Waals surface area contributed by atoms with Gasteiger partial charge in [-0.15, -0.1) is 0 Å². The van der Waals surface area contributed by atoms with Gasteiger partial charge in [0.2, 0.25) is 0 Å². The minimum atomic E-state index is -0.203. The Morgan fingerprint density at radius 2 is 2.31 bits per heavy atom. The minimum absolute atomic E-state index is 0.203. The molecule has 0 bridgehead atoms. The molecular formula is C10H10FNO. The van der Waals surface area contributed by atoms with Crippen LogP contribution < -0.4 is 0 Å². The third-order valence-corrected chi connectivity index (χ3v) is 2.04. The van der Waals surface area contributed by atoms with Crippen molar-refractivity contribution in [3.05, 3.63) is 35.8 Å². The summed E-state index contributed by atoms with van der Waals surface area (Å²) in [5.41, 5.74) is 1.67. The number of halogens is 1. The van der Waals surface area contributed by atoms with Gasteiger partial charge in [-0.1, -0.05) is 6.07 Å². The molecule has 13 heavy (non-hydrogen) atoms. The first-order chi connectivity index (χ1) is 6.33. The SMILES string of the molecule is COCc1c[nH]c2cccc(F)c12. The van der Waals surface area contributed by atoms with Crippen LogP contribution in [0.15, 0.2) is 24.4 Å². The zero-order valence-corrected chi connectivity index (χ0v) is 7.30. The molecule has 1 aromatic heterocycles. The van der Waals surface area contributed by atoms with Gasteiger partial charge in [0.1, 0.15) is 5.82 Å². The number of rotatable bonds is 2. The Kier molecular flexibility index (Phi) is 2.02. The van der Waals surface area contributed by atoms with Gasteiger partial charge in [-0.2, -0.15) is 0 Å². The molecule has 2 nitrogen and oxygen atoms in total. The van der Waals surface area contributed by atoms with Crippen LogP contribution in [0.3, 0.4) is 0 Å². The summed E-state index contributed by atoms with van der Waals surface area (Å²) >= 11 is 0. The normalized spacial score (nSPS) is 10.9. The van der Waals surface area contributed by atoms with Crippen molar-refractivity contribution in [3.8, 4) is 0 Å². The lowest BCUT2D eigenvalue weighted by atomic mass is 10.2. The number of nitrogens with one attached hydrogen (secondary N) is 1. The largest absolute Gasteiger partial charge is 0.380 e. The lowest BCUT2D eigenvalue weighted by Gasteiger charge is -1.97. The third-order valence-electron chi connectivity index (χ3n) is 2.04. The molecule has 2 rings (SSSR count). The van der Waals surface area contributed by atoms with Crippen molar-refractivity contribution >= 4 is 10.9 Å². The molecule has 68 valence electrons. The highest BCUT2D eigenvalue weighted by molar-refractivity contribution is 5.83. The van der Waals surface area contributed by atoms with E-state index in [-0.39, 0.29) is 5.82 Å². The second-order valence-corrected chi connectivity index (χ2v) is 2.91. The predicted octanol–water partition coefficient (Wildman–Crippen LogP) is 2.45. The molecule has 1 aromatic carbocycles. The summed E-state index contributed by atoms with van der Waals surface area (Å²) in [5, 5.41) is 0.629. The number of hydrogen-bond acceptors (Lipinski definition) is 1. The summed E-state index contributed by atoms with van der Waals surface area (Å²) in [5.74, 6) is -0.203. The molecule has 0 amide bonds. The van der Waals surface area contributed by atoms with Crippen molar-refractivity contribution in [2.45, 2.75) is 6.61 Å². The van der Waals surface area contributed by atoms with E-state index in [1.807, 2.05) is 6.07 Å². The second kappa shape index (κ2) is 3.18. The summed E-state index contributed by atoms with van der Waals surface area (Å²) in [6.07, 6.45) is 1.78. The molecule has 0 saturated carbocycles. The lowest BCUT2D eigenvalue weighted by molar-refractivity contribution is 0.186. The van der Waals surface area contributed by atoms with E-state index in [1.54, 1.807) is 19.4 Å². The molecule has 0 atom stereocenters. The zero-order valence-electron chi connectivity index (χ0n) is 7.30. The van der Waals surface area contributed by atoms with E-state index in [9.17, 15) is 4.39 Å². The first-order valence-corrected chi connectivity index (χ1v) is 4.06. The molecule has 0 radical (unpaired) electrons. The van der Waals surface area contributed by atoms with Gasteiger partial charge in [0, 0.05) is 29.8 Å². The molecule has 0 unspecified atom stereocenters. The van der Waals surface area contributed by atoms with Crippen LogP contribution in [-0.4, -0.2) is 12.1 Å². The summed E-state index contributed by atoms with van der Waals surface area (Å²) in [6.45, 7) is 0.431. The zero-order chi connectivity index (χ0) is 9.26. The highest BCUT2D eigenvalue weighted by Gasteiger charge is 2.06. The van der Waals surface area contributed by atoms with E-state index in [0.29, 0.717) is 12.0 Å². The van der Waals surface area contributed by atoms with Crippen molar-refractivity contribution < 1.29 is 9.13 Å². The Balaban J connectivity index is 2.64. The van der Waals surface area contributed by atoms with E-state index in [4.69, 9.17) is 4.74 Å². The van der Waals surface area contributed by atoms with Gasteiger partial charge in [-0.05, 0) is 12.1 Å². The van der Waals surface area contributed by atoms with Gasteiger partial charge in [0.15, 0.2) is 0 Å². The Hall–Kier alpha value is -1.35. The van der Waals surface area contributed by atoms with Crippen LogP contribution in [0.25, 0.3) is 10.9 Å². The second-order valence-electron chi connectivity index (χ2n) is 2.91. The molecule has 0 spiro atoms. The number of aromatic nitrogens is 1. The van der Waals surface area contributed by atoms with Crippen molar-refractivity contribution in [1.82, 2.24) is 4.98 Å². The summed E-state index contributed by atoms with van der Waals surface area (Å²) in [4.78, 5) is 2.99. The van der Waals surface area contributed by atoms with Crippen LogP contribution in [-0.2, 0) is 11.3 Å². The van der Waals surface area contributed by atoms with E-state index in [0.717, 1.165) is 11.1 Å². The maximum Gasteiger partial charge on any atom is 0.132 e. The molecule has 0 fully saturated rings. The average molecular weight is 179 g/mol. The molecule has 2 aromatic rings. The van der Waals surface area contributed by atoms with Gasteiger partial charge < -0.3 is 9.72 Å². The van der Waals surface area contributed by atoms with Crippen LogP contribution >= 0.6 is 0 Å². The smallest absolute Gasteiger partial charge is 0.132 e. The van der Waals surface area contributed by atoms with Crippen molar-refractivity contribution in [2.24, 2.45) is 0 Å². The fourth-order valence-electron chi connectivity index (χ4n) is 1.48. The molecule has 1 heterocycles. The fraction of sp³-hybridized carbons (Fsp3) is 0.200. The Morgan fingerprint density at radius 3 is 3.08 bits per heavy atom. The maximum atomic E-state index is 13.3. The number of hydrogen-bond donors (Lipinski definition) is 1. The van der Waals surface area contributed by atoms with Crippen molar-refractivity contribution in [3.63, 3.8) is 0 Å². The first-order valence-electron chi connectivity index (χ1n) is 4.06. The van der Waals surface area contributed by atoms with Crippen LogP contribution in [0.4, 0.5) is 4.39 Å². The predicted molar refractivity (Wildman–Crippen MR) is 49.0 cm³/mol. The van der Waals surface area contributed by atoms with Gasteiger partial charge in [0.05, 0.1) is 6.61 Å². The van der Waals surface area contributed by atoms with Gasteiger partial charge >= 0.3 is 0 Å². The quantitative estimate of drug-likeness (QED) is 0.752. The van der Waals surface area contributed by atoms with Crippen LogP contribution in [0.5, 0.6) is 0 Å². The highest BCUT2D eigenvalue weighted by atomic mass is 19.1. The fourth-order valence-corrected chi connectivity index (χ4v) is 1.48. The molecule has 0 aliphatic heterocycles. The minimum Gasteiger partial charge on any atom is -0.380 e. The monoisotopic (exact) mass is 179 g/mol. The van der Waals surface area contributed by atoms with Crippen LogP contribution in [0.1, 0.15) is 5.56 Å². The highest BCUT2D eigenvalue weighted by Crippen LogP contribution is 2.21. The number of H-pyrrole nitrogens is 1. The molecule has 0 aliphatic carbocycles. The van der Waals surface area contributed by atoms with E-state index < -0.39 is 0 Å². The summed E-state index contributed by atoms with van der Waals surface area (Å²) in [7, 11) is 1.60. The Bertz CT molecular complexity index is 422. The molecule has 0 saturated heterocycles. The lowest BCUT2D eigenvalue weighted by Crippen LogP contribution is -1.86. The topological polar surface area (TPSA) is 25.0 Å². The molecule has 0 aliphatic rings. The van der Waals surface area contributed by atoms with Gasteiger partial charge in [-0.3, -0.25) is 0 Å². The van der Waals surface area contributed by atoms with E-state index in [2.05, 4.69) is 4.98 Å². The maximum absolute atomic E-state index is 13.3. The Labute approximate surface area is 75.3 Å². The summed E-state index contributed by atoms with van der Waals surface area (Å²) in [6, 6.07) is 4.98. The third kappa shape index (κ3) is 1.31. The summed E-state index contributed by atoms with van der Waals surface area (Å²) < 4.78 is 18.3. The number of methoxy groups -OCH3 is 1. The Morgan fingerprint density at radius 1 is 1.46 bits per heavy atom. The van der Waals surface area contributed by atoms with Gasteiger partial charge in [0.25, 0.3) is 0 Å². The van der Waals surface area contributed by atoms with Crippen molar-refractivity contribution in [1.29, 1.82) is 0 Å². The molecule has 3 heteroatoms. The first kappa shape index (κ1) is 8.26. The number of ether oxygens (including phenoxy) is 1. The number of aromatic amines is 1. The van der Waals surface area contributed by atoms with Crippen LogP contribution in [0.2, 0.25) is 0 Å². The standard InChI is InChI=1S/C10H10FNO/c1-13-6-7-5-12-9-4-2-3-8(11)10(7)9/h2-5,12H,6H2,1H3. The average Bonchev–Trinajstić information content (AvgIpc) is 2.51. The van der Waals surface area contributed by atoms with Crippen molar-refractivity contribution in [2.75, 3.05) is 7.11 Å². The molecule has 1 N–H and O–H groups in total. The van der Waals surface area contributed by atoms with E-state index >= 15 is 0 Å². The number of fused-ring (bicyclic) bond motifs is 1. The van der Waals surface area contributed by atoms with Gasteiger partial charge in [-0.25, -0.2) is 4.39 Å². The molecular weight excluding hydrogens is 169 g/mol.